The van der Waals surface area contributed by atoms with Gasteiger partial charge >= 0.3 is 5.97 Å². The van der Waals surface area contributed by atoms with E-state index >= 15 is 0 Å². The molecule has 1 N–H and O–H groups in total. The van der Waals surface area contributed by atoms with E-state index in [0.717, 1.165) is 32.1 Å². The summed E-state index contributed by atoms with van der Waals surface area (Å²) < 4.78 is 2.02. The number of carbonyl (C=O) groups is 1. The molecule has 0 aliphatic heterocycles. The summed E-state index contributed by atoms with van der Waals surface area (Å²) in [5.74, 6) is -0.953. The molecule has 0 unspecified atom stereocenters. The van der Waals surface area contributed by atoms with E-state index < -0.39 is 5.97 Å². The molecule has 0 aliphatic carbocycles. The molecule has 0 spiro atoms. The van der Waals surface area contributed by atoms with Crippen molar-refractivity contribution in [3.05, 3.63) is 55.1 Å². The largest absolute Gasteiger partial charge is 0.478 e. The summed E-state index contributed by atoms with van der Waals surface area (Å²) >= 11 is 8.53. The Kier molecular flexibility index (Phi) is 5.61. The van der Waals surface area contributed by atoms with Crippen LogP contribution in [0.25, 0.3) is 6.08 Å². The highest BCUT2D eigenvalue weighted by Gasteiger charge is 2.08. The number of hydrogen-bond acceptors (Lipinski definition) is 3. The SMILES string of the molecule is CN(Cc1csc(Br)c1)c1ccc(Br)cc1/C=C/C(=O)O. The molecular formula is C15H13Br2NO2S. The lowest BCUT2D eigenvalue weighted by Crippen LogP contribution is -2.17. The van der Waals surface area contributed by atoms with Crippen LogP contribution in [-0.2, 0) is 11.3 Å². The molecule has 0 saturated carbocycles. The molecule has 3 nitrogen and oxygen atoms in total. The molecule has 1 heterocycles. The van der Waals surface area contributed by atoms with E-state index in [9.17, 15) is 4.79 Å². The molecule has 2 aromatic rings. The number of benzene rings is 1. The maximum Gasteiger partial charge on any atom is 0.328 e. The predicted octanol–water partition coefficient (Wildman–Crippen LogP) is 5.01. The van der Waals surface area contributed by atoms with Gasteiger partial charge in [-0.25, -0.2) is 4.79 Å². The van der Waals surface area contributed by atoms with Gasteiger partial charge in [0.2, 0.25) is 0 Å². The molecule has 0 aliphatic rings. The van der Waals surface area contributed by atoms with E-state index in [-0.39, 0.29) is 0 Å². The summed E-state index contributed by atoms with van der Waals surface area (Å²) in [6.45, 7) is 0.762. The second kappa shape index (κ2) is 7.24. The zero-order valence-corrected chi connectivity index (χ0v) is 15.2. The number of carboxylic acids is 1. The van der Waals surface area contributed by atoms with Crippen LogP contribution in [-0.4, -0.2) is 18.1 Å². The third kappa shape index (κ3) is 4.69. The van der Waals surface area contributed by atoms with Gasteiger partial charge in [-0.3, -0.25) is 0 Å². The van der Waals surface area contributed by atoms with Gasteiger partial charge in [0, 0.05) is 29.8 Å². The van der Waals surface area contributed by atoms with Crippen molar-refractivity contribution >= 4 is 60.9 Å². The highest BCUT2D eigenvalue weighted by molar-refractivity contribution is 9.11. The molecule has 1 aromatic carbocycles. The first-order chi connectivity index (χ1) is 9.95. The van der Waals surface area contributed by atoms with Crippen molar-refractivity contribution in [2.24, 2.45) is 0 Å². The van der Waals surface area contributed by atoms with Crippen molar-refractivity contribution in [2.75, 3.05) is 11.9 Å². The van der Waals surface area contributed by atoms with Gasteiger partial charge < -0.3 is 10.0 Å². The molecule has 0 bridgehead atoms. The van der Waals surface area contributed by atoms with Crippen LogP contribution < -0.4 is 4.90 Å². The zero-order valence-electron chi connectivity index (χ0n) is 11.2. The van der Waals surface area contributed by atoms with Crippen molar-refractivity contribution in [2.45, 2.75) is 6.54 Å². The molecule has 21 heavy (non-hydrogen) atoms. The van der Waals surface area contributed by atoms with E-state index in [2.05, 4.69) is 48.2 Å². The molecule has 110 valence electrons. The van der Waals surface area contributed by atoms with Crippen LogP contribution in [0.5, 0.6) is 0 Å². The van der Waals surface area contributed by atoms with Crippen LogP contribution in [0.2, 0.25) is 0 Å². The Morgan fingerprint density at radius 1 is 1.38 bits per heavy atom. The minimum Gasteiger partial charge on any atom is -0.478 e. The minimum absolute atomic E-state index is 0.762. The Bertz CT molecular complexity index is 682. The number of thiophene rings is 1. The van der Waals surface area contributed by atoms with Crippen LogP contribution in [0.4, 0.5) is 5.69 Å². The molecule has 0 saturated heterocycles. The predicted molar refractivity (Wildman–Crippen MR) is 94.9 cm³/mol. The van der Waals surface area contributed by atoms with Crippen LogP contribution in [0.15, 0.2) is 44.0 Å². The molecule has 6 heteroatoms. The van der Waals surface area contributed by atoms with E-state index in [0.29, 0.717) is 0 Å². The highest BCUT2D eigenvalue weighted by atomic mass is 79.9. The first-order valence-corrected chi connectivity index (χ1v) is 8.57. The van der Waals surface area contributed by atoms with Gasteiger partial charge in [0.25, 0.3) is 0 Å². The van der Waals surface area contributed by atoms with Gasteiger partial charge in [0.15, 0.2) is 0 Å². The van der Waals surface area contributed by atoms with Gasteiger partial charge in [0.05, 0.1) is 3.79 Å². The van der Waals surface area contributed by atoms with Crippen molar-refractivity contribution in [3.63, 3.8) is 0 Å². The number of halogens is 2. The number of carboxylic acid groups (broad SMARTS) is 1. The molecule has 1 aromatic heterocycles. The third-order valence-corrected chi connectivity index (χ3v) is 4.89. The Hall–Kier alpha value is -1.11. The fourth-order valence-corrected chi connectivity index (χ4v) is 3.53. The van der Waals surface area contributed by atoms with Crippen molar-refractivity contribution in [1.82, 2.24) is 0 Å². The van der Waals surface area contributed by atoms with E-state index in [1.807, 2.05) is 25.2 Å². The smallest absolute Gasteiger partial charge is 0.328 e. The summed E-state index contributed by atoms with van der Waals surface area (Å²) in [6.07, 6.45) is 2.77. The Morgan fingerprint density at radius 3 is 2.76 bits per heavy atom. The molecule has 0 radical (unpaired) electrons. The topological polar surface area (TPSA) is 40.5 Å². The van der Waals surface area contributed by atoms with Crippen molar-refractivity contribution < 1.29 is 9.90 Å². The standard InChI is InChI=1S/C15H13Br2NO2S/c1-18(8-10-6-14(17)21-9-10)13-4-3-12(16)7-11(13)2-5-15(19)20/h2-7,9H,8H2,1H3,(H,19,20)/b5-2+. The lowest BCUT2D eigenvalue weighted by molar-refractivity contribution is -0.131. The number of rotatable bonds is 5. The monoisotopic (exact) mass is 429 g/mol. The Morgan fingerprint density at radius 2 is 2.14 bits per heavy atom. The second-order valence-electron chi connectivity index (χ2n) is 4.49. The van der Waals surface area contributed by atoms with Crippen LogP contribution in [0.3, 0.4) is 0 Å². The van der Waals surface area contributed by atoms with Gasteiger partial charge in [-0.05, 0) is 62.8 Å². The summed E-state index contributed by atoms with van der Waals surface area (Å²) in [6, 6.07) is 7.93. The van der Waals surface area contributed by atoms with Crippen LogP contribution in [0, 0.1) is 0 Å². The third-order valence-electron chi connectivity index (χ3n) is 2.85. The van der Waals surface area contributed by atoms with Gasteiger partial charge in [0.1, 0.15) is 0 Å². The molecular weight excluding hydrogens is 418 g/mol. The molecule has 0 atom stereocenters. The number of aliphatic carboxylic acids is 1. The number of anilines is 1. The molecule has 2 rings (SSSR count). The normalized spacial score (nSPS) is 11.0. The first-order valence-electron chi connectivity index (χ1n) is 6.10. The summed E-state index contributed by atoms with van der Waals surface area (Å²) in [4.78, 5) is 12.8. The van der Waals surface area contributed by atoms with Crippen molar-refractivity contribution in [1.29, 1.82) is 0 Å². The van der Waals surface area contributed by atoms with Crippen LogP contribution in [0.1, 0.15) is 11.1 Å². The van der Waals surface area contributed by atoms with Gasteiger partial charge in [-0.2, -0.15) is 0 Å². The van der Waals surface area contributed by atoms with Crippen molar-refractivity contribution in [3.8, 4) is 0 Å². The van der Waals surface area contributed by atoms with E-state index in [4.69, 9.17) is 5.11 Å². The maximum absolute atomic E-state index is 10.7. The van der Waals surface area contributed by atoms with E-state index in [1.54, 1.807) is 17.4 Å². The highest BCUT2D eigenvalue weighted by Crippen LogP contribution is 2.28. The minimum atomic E-state index is -0.953. The molecule has 0 fully saturated rings. The fraction of sp³-hybridized carbons (Fsp3) is 0.133. The first kappa shape index (κ1) is 16.3. The second-order valence-corrected chi connectivity index (χ2v) is 7.70. The maximum atomic E-state index is 10.7. The quantitative estimate of drug-likeness (QED) is 0.678. The summed E-state index contributed by atoms with van der Waals surface area (Å²) in [7, 11) is 1.99. The van der Waals surface area contributed by atoms with Gasteiger partial charge in [-0.15, -0.1) is 11.3 Å². The Balaban J connectivity index is 2.27. The Labute approximate surface area is 144 Å². The average Bonchev–Trinajstić information content (AvgIpc) is 2.81. The summed E-state index contributed by atoms with van der Waals surface area (Å²) in [5, 5.41) is 10.9. The average molecular weight is 431 g/mol. The van der Waals surface area contributed by atoms with E-state index in [1.165, 1.54) is 5.56 Å². The lowest BCUT2D eigenvalue weighted by atomic mass is 10.1. The summed E-state index contributed by atoms with van der Waals surface area (Å²) in [5.41, 5.74) is 3.06. The van der Waals surface area contributed by atoms with Crippen LogP contribution >= 0.6 is 43.2 Å². The number of hydrogen-bond donors (Lipinski definition) is 1. The zero-order chi connectivity index (χ0) is 15.4. The fourth-order valence-electron chi connectivity index (χ4n) is 1.96. The lowest BCUT2D eigenvalue weighted by Gasteiger charge is -2.21. The number of nitrogens with zero attached hydrogens (tertiary/aromatic N) is 1. The van der Waals surface area contributed by atoms with Gasteiger partial charge in [-0.1, -0.05) is 15.9 Å². The molecule has 0 amide bonds.